The number of benzene rings is 2. The van der Waals surface area contributed by atoms with Crippen LogP contribution in [-0.4, -0.2) is 46.1 Å². The first-order valence-corrected chi connectivity index (χ1v) is 14.0. The number of carbonyl (C=O) groups excluding carboxylic acids is 3. The zero-order valence-electron chi connectivity index (χ0n) is 24.3. The molecule has 7 nitrogen and oxygen atoms in total. The Morgan fingerprint density at radius 3 is 2.41 bits per heavy atom. The van der Waals surface area contributed by atoms with E-state index in [9.17, 15) is 14.4 Å². The van der Waals surface area contributed by atoms with E-state index in [-0.39, 0.29) is 29.4 Å². The van der Waals surface area contributed by atoms with Crippen LogP contribution in [0.1, 0.15) is 60.6 Å². The van der Waals surface area contributed by atoms with Crippen molar-refractivity contribution in [2.75, 3.05) is 19.4 Å². The molecule has 41 heavy (non-hydrogen) atoms. The average molecular weight is 549 g/mol. The Labute approximate surface area is 240 Å². The van der Waals surface area contributed by atoms with E-state index in [0.717, 1.165) is 57.5 Å². The molecule has 0 radical (unpaired) electrons. The predicted octanol–water partition coefficient (Wildman–Crippen LogP) is 6.46. The van der Waals surface area contributed by atoms with Gasteiger partial charge >= 0.3 is 0 Å². The summed E-state index contributed by atoms with van der Waals surface area (Å²) in [5.41, 5.74) is 7.62. The van der Waals surface area contributed by atoms with E-state index in [1.54, 1.807) is 19.0 Å². The Hall–Kier alpha value is -4.52. The van der Waals surface area contributed by atoms with Crippen LogP contribution in [0.4, 0.5) is 5.69 Å². The number of hydrogen-bond donors (Lipinski definition) is 1. The summed E-state index contributed by atoms with van der Waals surface area (Å²) in [4.78, 5) is 43.2. The number of rotatable bonds is 5. The van der Waals surface area contributed by atoms with Gasteiger partial charge in [0.25, 0.3) is 5.91 Å². The van der Waals surface area contributed by atoms with E-state index in [1.807, 2.05) is 74.8 Å². The Balaban J connectivity index is 1.41. The van der Waals surface area contributed by atoms with Gasteiger partial charge in [0, 0.05) is 68.9 Å². The standard InChI is InChI=1S/C34H36N4O3/c1-21-29(24-7-9-26(10-8-24)34(41)37(3)4)15-6-23(19-32(21)40)18-28-20-31-30(16-17-35-33(31)38(28)5)25-11-13-27(14-12-25)36-22(2)39/h7-14,16-18,20-21,29H,6,15,19H2,1-5H3,(H,36,39)/b23-18+/t21-,29+/m1/s1. The molecule has 7 heteroatoms. The van der Waals surface area contributed by atoms with Gasteiger partial charge in [-0.25, -0.2) is 4.98 Å². The molecule has 4 aromatic rings. The van der Waals surface area contributed by atoms with Gasteiger partial charge in [-0.3, -0.25) is 14.4 Å². The zero-order chi connectivity index (χ0) is 29.3. The molecule has 0 unspecified atom stereocenters. The first kappa shape index (κ1) is 28.0. The molecule has 2 amide bonds. The third-order valence-electron chi connectivity index (χ3n) is 8.12. The fourth-order valence-electron chi connectivity index (χ4n) is 5.77. The number of nitrogens with zero attached hydrogens (tertiary/aromatic N) is 3. The van der Waals surface area contributed by atoms with Crippen LogP contribution < -0.4 is 5.32 Å². The van der Waals surface area contributed by atoms with E-state index in [1.165, 1.54) is 6.92 Å². The molecule has 0 aliphatic heterocycles. The van der Waals surface area contributed by atoms with Crippen LogP contribution in [0.5, 0.6) is 0 Å². The maximum atomic E-state index is 13.3. The molecule has 1 aliphatic carbocycles. The van der Waals surface area contributed by atoms with Crippen molar-refractivity contribution in [1.82, 2.24) is 14.5 Å². The van der Waals surface area contributed by atoms with Crippen LogP contribution in [-0.2, 0) is 16.6 Å². The summed E-state index contributed by atoms with van der Waals surface area (Å²) in [5, 5.41) is 3.84. The van der Waals surface area contributed by atoms with E-state index >= 15 is 0 Å². The van der Waals surface area contributed by atoms with Crippen LogP contribution in [0.3, 0.4) is 0 Å². The second-order valence-corrected chi connectivity index (χ2v) is 11.2. The number of pyridine rings is 1. The Kier molecular flexibility index (Phi) is 7.88. The summed E-state index contributed by atoms with van der Waals surface area (Å²) in [6, 6.07) is 19.7. The molecule has 1 N–H and O–H groups in total. The van der Waals surface area contributed by atoms with Crippen LogP contribution in [0, 0.1) is 5.92 Å². The van der Waals surface area contributed by atoms with Gasteiger partial charge in [0.1, 0.15) is 11.4 Å². The van der Waals surface area contributed by atoms with Crippen molar-refractivity contribution < 1.29 is 14.4 Å². The van der Waals surface area contributed by atoms with E-state index < -0.39 is 0 Å². The van der Waals surface area contributed by atoms with Crippen LogP contribution in [0.25, 0.3) is 28.2 Å². The van der Waals surface area contributed by atoms with Gasteiger partial charge in [-0.1, -0.05) is 36.8 Å². The molecule has 1 aliphatic rings. The molecule has 0 saturated heterocycles. The number of nitrogens with one attached hydrogen (secondary N) is 1. The topological polar surface area (TPSA) is 84.3 Å². The lowest BCUT2D eigenvalue weighted by Gasteiger charge is -2.21. The number of aromatic nitrogens is 2. The summed E-state index contributed by atoms with van der Waals surface area (Å²) in [6.45, 7) is 3.52. The molecule has 2 atom stereocenters. The highest BCUT2D eigenvalue weighted by molar-refractivity contribution is 5.96. The predicted molar refractivity (Wildman–Crippen MR) is 164 cm³/mol. The summed E-state index contributed by atoms with van der Waals surface area (Å²) in [5.74, 6) is 0.123. The molecule has 210 valence electrons. The second kappa shape index (κ2) is 11.5. The van der Waals surface area contributed by atoms with E-state index in [4.69, 9.17) is 0 Å². The number of carbonyl (C=O) groups is 3. The molecule has 1 fully saturated rings. The average Bonchev–Trinajstić information content (AvgIpc) is 3.19. The minimum atomic E-state index is -0.100. The van der Waals surface area contributed by atoms with E-state index in [0.29, 0.717) is 12.0 Å². The van der Waals surface area contributed by atoms with Crippen molar-refractivity contribution in [3.05, 3.63) is 89.3 Å². The molecular formula is C34H36N4O3. The number of aryl methyl sites for hydroxylation is 1. The Bertz CT molecular complexity index is 1650. The van der Waals surface area contributed by atoms with Gasteiger partial charge < -0.3 is 14.8 Å². The number of hydrogen-bond acceptors (Lipinski definition) is 4. The first-order chi connectivity index (χ1) is 19.6. The fraction of sp³-hybridized carbons (Fsp3) is 0.294. The molecule has 0 spiro atoms. The number of Topliss-reactive ketones (excluding diaryl/α,β-unsaturated/α-hetero) is 1. The highest BCUT2D eigenvalue weighted by Crippen LogP contribution is 2.38. The number of allylic oxidation sites excluding steroid dienone is 1. The third kappa shape index (κ3) is 5.85. The molecule has 2 aromatic carbocycles. The number of anilines is 1. The number of fused-ring (bicyclic) bond motifs is 1. The summed E-state index contributed by atoms with van der Waals surface area (Å²) < 4.78 is 2.08. The molecule has 0 bridgehead atoms. The Morgan fingerprint density at radius 2 is 1.76 bits per heavy atom. The van der Waals surface area contributed by atoms with Crippen molar-refractivity contribution >= 4 is 40.4 Å². The summed E-state index contributed by atoms with van der Waals surface area (Å²) in [7, 11) is 5.50. The molecule has 5 rings (SSSR count). The van der Waals surface area contributed by atoms with E-state index in [2.05, 4.69) is 27.0 Å². The maximum absolute atomic E-state index is 13.3. The zero-order valence-corrected chi connectivity index (χ0v) is 24.3. The number of ketones is 1. The lowest BCUT2D eigenvalue weighted by molar-refractivity contribution is -0.122. The maximum Gasteiger partial charge on any atom is 0.253 e. The van der Waals surface area contributed by atoms with Gasteiger partial charge in [-0.05, 0) is 77.9 Å². The normalized spacial score (nSPS) is 18.4. The summed E-state index contributed by atoms with van der Waals surface area (Å²) in [6.07, 6.45) is 6.09. The second-order valence-electron chi connectivity index (χ2n) is 11.2. The van der Waals surface area contributed by atoms with Gasteiger partial charge in [-0.15, -0.1) is 0 Å². The highest BCUT2D eigenvalue weighted by atomic mass is 16.2. The van der Waals surface area contributed by atoms with Gasteiger partial charge in [0.15, 0.2) is 0 Å². The van der Waals surface area contributed by atoms with Gasteiger partial charge in [-0.2, -0.15) is 0 Å². The smallest absolute Gasteiger partial charge is 0.253 e. The lowest BCUT2D eigenvalue weighted by atomic mass is 9.83. The monoisotopic (exact) mass is 548 g/mol. The van der Waals surface area contributed by atoms with Crippen molar-refractivity contribution in [3.8, 4) is 11.1 Å². The largest absolute Gasteiger partial charge is 0.345 e. The molecular weight excluding hydrogens is 512 g/mol. The highest BCUT2D eigenvalue weighted by Gasteiger charge is 2.29. The number of amides is 2. The fourth-order valence-corrected chi connectivity index (χ4v) is 5.77. The first-order valence-electron chi connectivity index (χ1n) is 14.0. The SMILES string of the molecule is CC(=O)Nc1ccc(-c2ccnc3c2cc(/C=C2\CC[C@H](c4ccc(C(=O)N(C)C)cc4)[C@@H](C)C(=O)C2)n3C)cc1. The van der Waals surface area contributed by atoms with Crippen molar-refractivity contribution in [2.45, 2.75) is 39.0 Å². The lowest BCUT2D eigenvalue weighted by Crippen LogP contribution is -2.22. The van der Waals surface area contributed by atoms with Gasteiger partial charge in [0.05, 0.1) is 0 Å². The van der Waals surface area contributed by atoms with Gasteiger partial charge in [0.2, 0.25) is 5.91 Å². The molecule has 1 saturated carbocycles. The summed E-state index contributed by atoms with van der Waals surface area (Å²) >= 11 is 0. The molecule has 2 heterocycles. The minimum absolute atomic E-state index is 0.0265. The Morgan fingerprint density at radius 1 is 1.05 bits per heavy atom. The molecule has 2 aromatic heterocycles. The minimum Gasteiger partial charge on any atom is -0.345 e. The van der Waals surface area contributed by atoms with Crippen LogP contribution in [0.2, 0.25) is 0 Å². The van der Waals surface area contributed by atoms with Crippen molar-refractivity contribution in [1.29, 1.82) is 0 Å². The van der Waals surface area contributed by atoms with Crippen LogP contribution >= 0.6 is 0 Å². The quantitative estimate of drug-likeness (QED) is 0.290. The third-order valence-corrected chi connectivity index (χ3v) is 8.12. The van der Waals surface area contributed by atoms with Crippen LogP contribution in [0.15, 0.2) is 72.4 Å². The van der Waals surface area contributed by atoms with Crippen molar-refractivity contribution in [2.24, 2.45) is 13.0 Å². The van der Waals surface area contributed by atoms with Crippen molar-refractivity contribution in [3.63, 3.8) is 0 Å².